The van der Waals surface area contributed by atoms with Crippen molar-refractivity contribution in [2.24, 2.45) is 0 Å². The molecule has 1 N–H and O–H groups in total. The first-order valence-electron chi connectivity index (χ1n) is 4.72. The van der Waals surface area contributed by atoms with E-state index in [9.17, 15) is 0 Å². The van der Waals surface area contributed by atoms with Gasteiger partial charge in [0.25, 0.3) is 0 Å². The zero-order valence-corrected chi connectivity index (χ0v) is 10.5. The van der Waals surface area contributed by atoms with Gasteiger partial charge in [-0.2, -0.15) is 0 Å². The van der Waals surface area contributed by atoms with Gasteiger partial charge in [0.1, 0.15) is 9.68 Å². The molecule has 0 amide bonds. The smallest absolute Gasteiger partial charge is 0.118 e. The maximum atomic E-state index is 3.67. The fourth-order valence-corrected chi connectivity index (χ4v) is 1.30. The molecule has 0 saturated carbocycles. The van der Waals surface area contributed by atoms with E-state index < -0.39 is 0 Å². The predicted octanol–water partition coefficient (Wildman–Crippen LogP) is 0.781. The van der Waals surface area contributed by atoms with Crippen molar-refractivity contribution in [1.82, 2.24) is 9.88 Å². The SMILES string of the molecule is C=C[SiH2]N(C)CC.CCNCC. The van der Waals surface area contributed by atoms with E-state index in [-0.39, 0.29) is 9.68 Å². The molecule has 0 aliphatic heterocycles. The second-order valence-corrected chi connectivity index (χ2v) is 4.62. The summed E-state index contributed by atoms with van der Waals surface area (Å²) in [5.41, 5.74) is 2.05. The summed E-state index contributed by atoms with van der Waals surface area (Å²) >= 11 is 0. The monoisotopic (exact) mass is 188 g/mol. The molecule has 0 bridgehead atoms. The standard InChI is InChI=1S/C5H13NSi.C4H11N/c1-4-6(3)7-5-2;1-3-5-4-2/h5H,2,4,7H2,1,3H3;5H,3-4H2,1-2H3. The van der Waals surface area contributed by atoms with Gasteiger partial charge in [0.2, 0.25) is 0 Å². The largest absolute Gasteiger partial charge is 0.328 e. The van der Waals surface area contributed by atoms with Crippen LogP contribution in [0.25, 0.3) is 0 Å². The van der Waals surface area contributed by atoms with Crippen LogP contribution in [0, 0.1) is 0 Å². The maximum Gasteiger partial charge on any atom is 0.118 e. The fourth-order valence-electron chi connectivity index (χ4n) is 0.599. The Morgan fingerprint density at radius 2 is 1.83 bits per heavy atom. The molecule has 0 atom stereocenters. The van der Waals surface area contributed by atoms with Gasteiger partial charge in [-0.1, -0.05) is 26.5 Å². The van der Waals surface area contributed by atoms with Crippen molar-refractivity contribution in [3.05, 3.63) is 12.3 Å². The van der Waals surface area contributed by atoms with E-state index in [1.807, 2.05) is 5.70 Å². The first-order chi connectivity index (χ1) is 5.72. The second-order valence-electron chi connectivity index (χ2n) is 2.60. The average Bonchev–Trinajstić information content (AvgIpc) is 2.07. The van der Waals surface area contributed by atoms with E-state index in [1.54, 1.807) is 0 Å². The van der Waals surface area contributed by atoms with Crippen LogP contribution >= 0.6 is 0 Å². The van der Waals surface area contributed by atoms with Crippen LogP contribution in [-0.4, -0.2) is 40.9 Å². The maximum absolute atomic E-state index is 3.67. The molecular weight excluding hydrogens is 164 g/mol. The molecule has 0 spiro atoms. The molecule has 0 fully saturated rings. The van der Waals surface area contributed by atoms with Crippen molar-refractivity contribution in [3.8, 4) is 0 Å². The van der Waals surface area contributed by atoms with E-state index >= 15 is 0 Å². The zero-order valence-electron chi connectivity index (χ0n) is 9.06. The molecule has 0 saturated heterocycles. The highest BCUT2D eigenvalue weighted by Crippen LogP contribution is 1.73. The van der Waals surface area contributed by atoms with Crippen LogP contribution in [-0.2, 0) is 0 Å². The number of nitrogens with zero attached hydrogens (tertiary/aromatic N) is 1. The lowest BCUT2D eigenvalue weighted by Crippen LogP contribution is -2.20. The Hall–Kier alpha value is -0.123. The van der Waals surface area contributed by atoms with Crippen molar-refractivity contribution in [1.29, 1.82) is 0 Å². The molecule has 0 heterocycles. The summed E-state index contributed by atoms with van der Waals surface area (Å²) in [6.45, 7) is 13.4. The highest BCUT2D eigenvalue weighted by molar-refractivity contribution is 6.38. The van der Waals surface area contributed by atoms with E-state index in [1.165, 1.54) is 0 Å². The normalized spacial score (nSPS) is 10.1. The average molecular weight is 188 g/mol. The molecule has 0 rings (SSSR count). The van der Waals surface area contributed by atoms with Crippen LogP contribution in [0.3, 0.4) is 0 Å². The van der Waals surface area contributed by atoms with Gasteiger partial charge >= 0.3 is 0 Å². The molecule has 0 aromatic heterocycles. The first kappa shape index (κ1) is 14.4. The lowest BCUT2D eigenvalue weighted by Gasteiger charge is -2.07. The Balaban J connectivity index is 0. The summed E-state index contributed by atoms with van der Waals surface area (Å²) in [7, 11) is 2.08. The van der Waals surface area contributed by atoms with Crippen molar-refractivity contribution in [2.45, 2.75) is 20.8 Å². The number of hydrogen-bond donors (Lipinski definition) is 1. The Morgan fingerprint density at radius 3 is 1.92 bits per heavy atom. The Morgan fingerprint density at radius 1 is 1.33 bits per heavy atom. The predicted molar refractivity (Wildman–Crippen MR) is 61.3 cm³/mol. The lowest BCUT2D eigenvalue weighted by molar-refractivity contribution is 0.573. The minimum Gasteiger partial charge on any atom is -0.328 e. The third-order valence-corrected chi connectivity index (χ3v) is 2.81. The van der Waals surface area contributed by atoms with Gasteiger partial charge in [0, 0.05) is 0 Å². The minimum absolute atomic E-state index is 0.0567. The van der Waals surface area contributed by atoms with Gasteiger partial charge in [-0.15, -0.1) is 6.58 Å². The van der Waals surface area contributed by atoms with Crippen LogP contribution in [0.4, 0.5) is 0 Å². The molecule has 0 aromatic carbocycles. The van der Waals surface area contributed by atoms with E-state index in [0.29, 0.717) is 0 Å². The van der Waals surface area contributed by atoms with Crippen LogP contribution in [0.5, 0.6) is 0 Å². The molecule has 0 aliphatic rings. The van der Waals surface area contributed by atoms with Gasteiger partial charge < -0.3 is 9.88 Å². The van der Waals surface area contributed by atoms with Gasteiger partial charge in [0.15, 0.2) is 0 Å². The van der Waals surface area contributed by atoms with Gasteiger partial charge in [-0.25, -0.2) is 0 Å². The minimum atomic E-state index is -0.0567. The Kier molecular flexibility index (Phi) is 16.2. The van der Waals surface area contributed by atoms with Crippen molar-refractivity contribution in [3.63, 3.8) is 0 Å². The summed E-state index contributed by atoms with van der Waals surface area (Å²) in [6.07, 6.45) is 0. The Labute approximate surface area is 79.9 Å². The highest BCUT2D eigenvalue weighted by Gasteiger charge is 1.85. The molecule has 0 radical (unpaired) electrons. The molecule has 2 nitrogen and oxygen atoms in total. The quantitative estimate of drug-likeness (QED) is 0.642. The van der Waals surface area contributed by atoms with E-state index in [4.69, 9.17) is 0 Å². The zero-order chi connectivity index (χ0) is 9.82. The molecule has 0 unspecified atom stereocenters. The number of nitrogens with one attached hydrogen (secondary N) is 1. The van der Waals surface area contributed by atoms with Crippen LogP contribution in [0.1, 0.15) is 20.8 Å². The summed E-state index contributed by atoms with van der Waals surface area (Å²) in [5, 5.41) is 3.11. The molecule has 3 heteroatoms. The topological polar surface area (TPSA) is 15.3 Å². The van der Waals surface area contributed by atoms with Crippen molar-refractivity contribution in [2.75, 3.05) is 26.7 Å². The van der Waals surface area contributed by atoms with Crippen LogP contribution < -0.4 is 5.32 Å². The molecule has 0 aromatic rings. The van der Waals surface area contributed by atoms with Gasteiger partial charge in [-0.05, 0) is 26.7 Å². The molecule has 74 valence electrons. The fraction of sp³-hybridized carbons (Fsp3) is 0.778. The summed E-state index contributed by atoms with van der Waals surface area (Å²) in [6, 6.07) is 0. The summed E-state index contributed by atoms with van der Waals surface area (Å²) in [4.78, 5) is 0. The number of hydrogen-bond acceptors (Lipinski definition) is 2. The summed E-state index contributed by atoms with van der Waals surface area (Å²) < 4.78 is 2.33. The van der Waals surface area contributed by atoms with Gasteiger partial charge in [0.05, 0.1) is 0 Å². The third-order valence-electron chi connectivity index (χ3n) is 1.48. The van der Waals surface area contributed by atoms with E-state index in [2.05, 4.69) is 44.3 Å². The molecule has 0 aliphatic carbocycles. The highest BCUT2D eigenvalue weighted by atomic mass is 28.2. The Bertz CT molecular complexity index is 84.6. The lowest BCUT2D eigenvalue weighted by atomic mass is 10.7. The summed E-state index contributed by atoms with van der Waals surface area (Å²) in [5.74, 6) is 0. The van der Waals surface area contributed by atoms with Crippen LogP contribution in [0.2, 0.25) is 0 Å². The molecule has 12 heavy (non-hydrogen) atoms. The third kappa shape index (κ3) is 16.5. The molecular formula is C9H24N2Si. The second kappa shape index (κ2) is 13.5. The van der Waals surface area contributed by atoms with Crippen molar-refractivity contribution >= 4 is 9.68 Å². The number of rotatable bonds is 5. The van der Waals surface area contributed by atoms with Gasteiger partial charge in [-0.3, -0.25) is 0 Å². The van der Waals surface area contributed by atoms with Crippen molar-refractivity contribution < 1.29 is 0 Å². The first-order valence-corrected chi connectivity index (χ1v) is 6.17. The van der Waals surface area contributed by atoms with E-state index in [0.717, 1.165) is 19.6 Å². The van der Waals surface area contributed by atoms with Crippen LogP contribution in [0.15, 0.2) is 12.3 Å².